The van der Waals surface area contributed by atoms with E-state index in [1.54, 1.807) is 0 Å². The number of ether oxygens (including phenoxy) is 6. The summed E-state index contributed by atoms with van der Waals surface area (Å²) in [6, 6.07) is -0.408. The van der Waals surface area contributed by atoms with Crippen molar-refractivity contribution in [2.45, 2.75) is 156 Å². The number of alkyl halides is 2. The van der Waals surface area contributed by atoms with E-state index in [0.717, 1.165) is 51.7 Å². The molecule has 16 heteroatoms. The van der Waals surface area contributed by atoms with Gasteiger partial charge in [0.25, 0.3) is 0 Å². The molecule has 0 saturated heterocycles. The van der Waals surface area contributed by atoms with Crippen LogP contribution in [0.15, 0.2) is 0 Å². The molecular formula is C36H67Cl3N2O11. The first-order valence-electron chi connectivity index (χ1n) is 18.4. The van der Waals surface area contributed by atoms with Gasteiger partial charge >= 0.3 is 23.8 Å². The molecule has 0 radical (unpaired) electrons. The fourth-order valence-electron chi connectivity index (χ4n) is 5.37. The van der Waals surface area contributed by atoms with Gasteiger partial charge in [-0.2, -0.15) is 0 Å². The second kappa shape index (κ2) is 31.4. The third-order valence-corrected chi connectivity index (χ3v) is 7.90. The molecule has 2 aliphatic carbocycles. The monoisotopic (exact) mass is 808 g/mol. The van der Waals surface area contributed by atoms with Gasteiger partial charge in [0.05, 0.1) is 6.10 Å². The standard InChI is InChI=1S/C16H28ClNO5.C14H27NO3.C4H10O.C2H2Cl2O2/c1-16(2,3)23-14(19)18-10-9-13(22-15(20)21-11-17)12-7-5-4-6-8-12;1-14(2,3)18-13(17)15-10-9-12(16)11-7-5-4-6-8-11;1-3-5-4-2;3-1-6-2(4)5/h12-13H,4-11H2,1-3H3,(H,18,19);11-12,16H,4-10H2,1-3H3,(H,15,17);3-4H2,1-2H3;1H2. The van der Waals surface area contributed by atoms with Crippen LogP contribution in [0, 0.1) is 11.8 Å². The van der Waals surface area contributed by atoms with Crippen molar-refractivity contribution < 1.29 is 52.7 Å². The van der Waals surface area contributed by atoms with Gasteiger partial charge in [0.2, 0.25) is 0 Å². The van der Waals surface area contributed by atoms with Crippen molar-refractivity contribution in [1.29, 1.82) is 0 Å². The van der Waals surface area contributed by atoms with Crippen LogP contribution in [0.3, 0.4) is 0 Å². The van der Waals surface area contributed by atoms with Crippen LogP contribution in [0.4, 0.5) is 19.2 Å². The maximum atomic E-state index is 11.7. The second-order valence-corrected chi connectivity index (χ2v) is 15.0. The van der Waals surface area contributed by atoms with Gasteiger partial charge in [-0.3, -0.25) is 0 Å². The molecule has 0 bridgehead atoms. The number of amides is 2. The van der Waals surface area contributed by atoms with E-state index in [-0.39, 0.29) is 24.3 Å². The van der Waals surface area contributed by atoms with Crippen LogP contribution in [-0.2, 0) is 28.4 Å². The molecule has 0 aromatic carbocycles. The molecule has 2 aliphatic rings. The smallest absolute Gasteiger partial charge is 0.444 e. The number of halogens is 3. The molecule has 13 nitrogen and oxygen atoms in total. The summed E-state index contributed by atoms with van der Waals surface area (Å²) < 4.78 is 29.1. The fraction of sp³-hybridized carbons (Fsp3) is 0.889. The van der Waals surface area contributed by atoms with Gasteiger partial charge < -0.3 is 44.2 Å². The number of hydrogen-bond donors (Lipinski definition) is 3. The Balaban J connectivity index is 0. The Bertz CT molecular complexity index is 935. The molecule has 308 valence electrons. The predicted octanol–water partition coefficient (Wildman–Crippen LogP) is 9.64. The molecular weight excluding hydrogens is 743 g/mol. The van der Waals surface area contributed by atoms with E-state index in [4.69, 9.17) is 42.1 Å². The van der Waals surface area contributed by atoms with Crippen LogP contribution in [0.25, 0.3) is 0 Å². The summed E-state index contributed by atoms with van der Waals surface area (Å²) in [5, 5.41) is 15.4. The van der Waals surface area contributed by atoms with Crippen LogP contribution in [0.2, 0.25) is 0 Å². The highest BCUT2D eigenvalue weighted by atomic mass is 35.5. The summed E-state index contributed by atoms with van der Waals surface area (Å²) in [6.07, 6.45) is 10.4. The van der Waals surface area contributed by atoms with E-state index in [0.29, 0.717) is 37.8 Å². The van der Waals surface area contributed by atoms with Crippen molar-refractivity contribution in [3.05, 3.63) is 0 Å². The lowest BCUT2D eigenvalue weighted by Crippen LogP contribution is -2.36. The highest BCUT2D eigenvalue weighted by Crippen LogP contribution is 2.30. The minimum Gasteiger partial charge on any atom is -0.444 e. The average molecular weight is 810 g/mol. The van der Waals surface area contributed by atoms with Gasteiger partial charge in [-0.15, -0.1) is 0 Å². The Kier molecular flexibility index (Phi) is 31.5. The van der Waals surface area contributed by atoms with Crippen molar-refractivity contribution in [3.63, 3.8) is 0 Å². The molecule has 0 aromatic rings. The lowest BCUT2D eigenvalue weighted by molar-refractivity contribution is -0.00186. The van der Waals surface area contributed by atoms with Crippen LogP contribution >= 0.6 is 34.8 Å². The number of rotatable bonds is 13. The largest absolute Gasteiger partial charge is 0.509 e. The van der Waals surface area contributed by atoms with Crippen molar-refractivity contribution in [3.8, 4) is 0 Å². The minimum absolute atomic E-state index is 0.178. The number of carbonyl (C=O) groups is 4. The molecule has 0 heterocycles. The van der Waals surface area contributed by atoms with Gasteiger partial charge in [-0.1, -0.05) is 61.7 Å². The van der Waals surface area contributed by atoms with E-state index >= 15 is 0 Å². The zero-order valence-electron chi connectivity index (χ0n) is 32.7. The zero-order valence-corrected chi connectivity index (χ0v) is 35.0. The molecule has 2 saturated carbocycles. The molecule has 0 aromatic heterocycles. The van der Waals surface area contributed by atoms with E-state index in [9.17, 15) is 24.3 Å². The Morgan fingerprint density at radius 3 is 1.46 bits per heavy atom. The summed E-state index contributed by atoms with van der Waals surface area (Å²) in [5.41, 5.74) is -1.87. The summed E-state index contributed by atoms with van der Waals surface area (Å²) in [6.45, 7) is 17.5. The molecule has 0 spiro atoms. The molecule has 2 atom stereocenters. The number of aliphatic hydroxyl groups excluding tert-OH is 1. The van der Waals surface area contributed by atoms with Gasteiger partial charge in [-0.25, -0.2) is 19.2 Å². The van der Waals surface area contributed by atoms with Crippen LogP contribution < -0.4 is 10.6 Å². The predicted molar refractivity (Wildman–Crippen MR) is 204 cm³/mol. The summed E-state index contributed by atoms with van der Waals surface area (Å²) >= 11 is 14.9. The van der Waals surface area contributed by atoms with Crippen molar-refractivity contribution in [2.24, 2.45) is 11.8 Å². The topological polar surface area (TPSA) is 168 Å². The van der Waals surface area contributed by atoms with Crippen LogP contribution in [-0.4, -0.2) is 90.7 Å². The van der Waals surface area contributed by atoms with E-state index in [2.05, 4.69) is 31.7 Å². The third-order valence-electron chi connectivity index (χ3n) is 7.57. The highest BCUT2D eigenvalue weighted by Gasteiger charge is 2.28. The summed E-state index contributed by atoms with van der Waals surface area (Å²) in [4.78, 5) is 44.1. The van der Waals surface area contributed by atoms with E-state index < -0.39 is 35.0 Å². The first kappa shape index (κ1) is 52.2. The maximum Gasteiger partial charge on any atom is 0.509 e. The van der Waals surface area contributed by atoms with Gasteiger partial charge in [0.15, 0.2) is 12.1 Å². The Hall–Kier alpha value is -1.93. The molecule has 0 aliphatic heterocycles. The third kappa shape index (κ3) is 33.9. The molecule has 2 unspecified atom stereocenters. The van der Waals surface area contributed by atoms with Crippen molar-refractivity contribution in [2.75, 3.05) is 38.4 Å². The summed E-state index contributed by atoms with van der Waals surface area (Å²) in [5.74, 6) is 0.714. The number of nitrogens with one attached hydrogen (secondary N) is 2. The number of aliphatic hydroxyl groups is 1. The minimum atomic E-state index is -0.870. The number of alkyl carbamates (subject to hydrolysis) is 2. The summed E-state index contributed by atoms with van der Waals surface area (Å²) in [7, 11) is 0. The molecule has 2 rings (SSSR count). The molecule has 2 fully saturated rings. The number of hydrogen-bond acceptors (Lipinski definition) is 11. The average Bonchev–Trinajstić information content (AvgIpc) is 3.05. The Morgan fingerprint density at radius 2 is 1.12 bits per heavy atom. The molecule has 52 heavy (non-hydrogen) atoms. The lowest BCUT2D eigenvalue weighted by Gasteiger charge is -2.29. The first-order valence-corrected chi connectivity index (χ1v) is 19.8. The Labute approximate surface area is 327 Å². The second-order valence-electron chi connectivity index (χ2n) is 14.2. The van der Waals surface area contributed by atoms with E-state index in [1.807, 2.05) is 55.4 Å². The van der Waals surface area contributed by atoms with Gasteiger partial charge in [0.1, 0.15) is 17.3 Å². The molecule has 2 amide bonds. The fourth-order valence-corrected chi connectivity index (χ4v) is 5.67. The maximum absolute atomic E-state index is 11.7. The highest BCUT2D eigenvalue weighted by molar-refractivity contribution is 6.61. The lowest BCUT2D eigenvalue weighted by atomic mass is 9.84. The SMILES string of the molecule is CC(C)(C)OC(=O)NCCC(O)C1CCCCC1.CC(C)(C)OC(=O)NCCC(OC(=O)OCCl)C1CCCCC1.CCOCC.O=C(Cl)OCCl. The number of carbonyl (C=O) groups excluding carboxylic acids is 4. The van der Waals surface area contributed by atoms with E-state index in [1.165, 1.54) is 25.7 Å². The van der Waals surface area contributed by atoms with Crippen molar-refractivity contribution in [1.82, 2.24) is 10.6 Å². The van der Waals surface area contributed by atoms with Crippen molar-refractivity contribution >= 4 is 58.6 Å². The zero-order chi connectivity index (χ0) is 40.0. The Morgan fingerprint density at radius 1 is 0.692 bits per heavy atom. The van der Waals surface area contributed by atoms with Gasteiger partial charge in [-0.05, 0) is 99.3 Å². The van der Waals surface area contributed by atoms with Crippen LogP contribution in [0.1, 0.15) is 132 Å². The quantitative estimate of drug-likeness (QED) is 0.0701. The van der Waals surface area contributed by atoms with Crippen LogP contribution in [0.5, 0.6) is 0 Å². The molecule has 3 N–H and O–H groups in total. The first-order chi connectivity index (χ1) is 24.4. The van der Waals surface area contributed by atoms with Gasteiger partial charge in [0, 0.05) is 44.3 Å². The normalized spacial score (nSPS) is 16.0.